The zero-order valence-electron chi connectivity index (χ0n) is 11.6. The standard InChI is InChI=1S/C13H15N5O3/c1-8(2)18-7-10(6-15-18)17-13(21)16-9-3-4-11(12(19)20)14-5-9/h3-8H,1-2H3,(H,19,20)(H2,16,17,21). The van der Waals surface area contributed by atoms with Gasteiger partial charge < -0.3 is 15.7 Å². The van der Waals surface area contributed by atoms with Crippen LogP contribution in [0.4, 0.5) is 16.2 Å². The smallest absolute Gasteiger partial charge is 0.354 e. The molecule has 0 aliphatic carbocycles. The Morgan fingerprint density at radius 3 is 2.43 bits per heavy atom. The first-order chi connectivity index (χ1) is 9.95. The fraction of sp³-hybridized carbons (Fsp3) is 0.231. The van der Waals surface area contributed by atoms with E-state index in [1.165, 1.54) is 18.3 Å². The van der Waals surface area contributed by atoms with Crippen LogP contribution in [0.1, 0.15) is 30.4 Å². The molecule has 2 amide bonds. The highest BCUT2D eigenvalue weighted by Crippen LogP contribution is 2.11. The number of pyridine rings is 1. The average Bonchev–Trinajstić information content (AvgIpc) is 2.87. The van der Waals surface area contributed by atoms with E-state index in [-0.39, 0.29) is 11.7 Å². The van der Waals surface area contributed by atoms with Gasteiger partial charge in [0.05, 0.1) is 23.8 Å². The number of rotatable bonds is 4. The molecule has 2 aromatic heterocycles. The molecule has 0 bridgehead atoms. The van der Waals surface area contributed by atoms with E-state index in [4.69, 9.17) is 5.11 Å². The topological polar surface area (TPSA) is 109 Å². The van der Waals surface area contributed by atoms with Crippen molar-refractivity contribution < 1.29 is 14.7 Å². The number of hydrogen-bond acceptors (Lipinski definition) is 4. The number of aromatic carboxylic acids is 1. The first-order valence-corrected chi connectivity index (χ1v) is 6.27. The van der Waals surface area contributed by atoms with E-state index in [2.05, 4.69) is 20.7 Å². The van der Waals surface area contributed by atoms with Crippen LogP contribution in [0.15, 0.2) is 30.7 Å². The van der Waals surface area contributed by atoms with E-state index in [0.717, 1.165) is 0 Å². The van der Waals surface area contributed by atoms with Gasteiger partial charge in [-0.15, -0.1) is 0 Å². The molecule has 2 heterocycles. The maximum Gasteiger partial charge on any atom is 0.354 e. The van der Waals surface area contributed by atoms with E-state index in [0.29, 0.717) is 11.4 Å². The normalized spacial score (nSPS) is 10.4. The van der Waals surface area contributed by atoms with Crippen LogP contribution in [0, 0.1) is 0 Å². The van der Waals surface area contributed by atoms with Gasteiger partial charge in [0.15, 0.2) is 0 Å². The third-order valence-corrected chi connectivity index (χ3v) is 2.63. The predicted octanol–water partition coefficient (Wildman–Crippen LogP) is 2.20. The monoisotopic (exact) mass is 289 g/mol. The van der Waals surface area contributed by atoms with Crippen LogP contribution in [-0.2, 0) is 0 Å². The molecule has 2 aromatic rings. The number of carbonyl (C=O) groups excluding carboxylic acids is 1. The minimum atomic E-state index is -1.12. The molecular formula is C13H15N5O3. The van der Waals surface area contributed by atoms with Crippen molar-refractivity contribution in [3.05, 3.63) is 36.4 Å². The minimum Gasteiger partial charge on any atom is -0.477 e. The van der Waals surface area contributed by atoms with Crippen LogP contribution in [-0.4, -0.2) is 31.9 Å². The molecule has 0 aromatic carbocycles. The lowest BCUT2D eigenvalue weighted by atomic mass is 10.3. The molecule has 0 fully saturated rings. The van der Waals surface area contributed by atoms with Gasteiger partial charge in [-0.2, -0.15) is 5.10 Å². The fourth-order valence-electron chi connectivity index (χ4n) is 1.57. The summed E-state index contributed by atoms with van der Waals surface area (Å²) in [5.41, 5.74) is 0.879. The van der Waals surface area contributed by atoms with E-state index >= 15 is 0 Å². The molecule has 0 aliphatic rings. The molecule has 0 saturated carbocycles. The Morgan fingerprint density at radius 2 is 1.90 bits per heavy atom. The molecular weight excluding hydrogens is 274 g/mol. The Balaban J connectivity index is 1.96. The van der Waals surface area contributed by atoms with Crippen molar-refractivity contribution in [3.8, 4) is 0 Å². The largest absolute Gasteiger partial charge is 0.477 e. The van der Waals surface area contributed by atoms with E-state index < -0.39 is 12.0 Å². The van der Waals surface area contributed by atoms with Gasteiger partial charge in [-0.05, 0) is 26.0 Å². The molecule has 21 heavy (non-hydrogen) atoms. The SMILES string of the molecule is CC(C)n1cc(NC(=O)Nc2ccc(C(=O)O)nc2)cn1. The number of nitrogens with zero attached hydrogens (tertiary/aromatic N) is 3. The predicted molar refractivity (Wildman–Crippen MR) is 76.4 cm³/mol. The summed E-state index contributed by atoms with van der Waals surface area (Å²) in [6.45, 7) is 3.96. The fourth-order valence-corrected chi connectivity index (χ4v) is 1.57. The Bertz CT molecular complexity index is 648. The van der Waals surface area contributed by atoms with Crippen molar-refractivity contribution in [1.29, 1.82) is 0 Å². The van der Waals surface area contributed by atoms with Crippen LogP contribution in [0.5, 0.6) is 0 Å². The Hall–Kier alpha value is -2.90. The molecule has 0 unspecified atom stereocenters. The first kappa shape index (κ1) is 14.5. The lowest BCUT2D eigenvalue weighted by Gasteiger charge is -2.06. The first-order valence-electron chi connectivity index (χ1n) is 6.27. The van der Waals surface area contributed by atoms with Gasteiger partial charge in [0.25, 0.3) is 0 Å². The van der Waals surface area contributed by atoms with Gasteiger partial charge in [0.2, 0.25) is 0 Å². The molecule has 0 saturated heterocycles. The molecule has 0 radical (unpaired) electrons. The summed E-state index contributed by atoms with van der Waals surface area (Å²) >= 11 is 0. The lowest BCUT2D eigenvalue weighted by molar-refractivity contribution is 0.0690. The summed E-state index contributed by atoms with van der Waals surface area (Å²) in [6.07, 6.45) is 4.54. The van der Waals surface area contributed by atoms with Crippen LogP contribution in [0.25, 0.3) is 0 Å². The summed E-state index contributed by atoms with van der Waals surface area (Å²) in [5.74, 6) is -1.12. The molecule has 8 nitrogen and oxygen atoms in total. The summed E-state index contributed by atoms with van der Waals surface area (Å²) < 4.78 is 1.72. The number of hydrogen-bond donors (Lipinski definition) is 3. The van der Waals surface area contributed by atoms with Gasteiger partial charge in [-0.3, -0.25) is 4.68 Å². The van der Waals surface area contributed by atoms with E-state index in [1.54, 1.807) is 17.1 Å². The number of anilines is 2. The number of aromatic nitrogens is 3. The lowest BCUT2D eigenvalue weighted by Crippen LogP contribution is -2.19. The summed E-state index contributed by atoms with van der Waals surface area (Å²) in [6, 6.07) is 2.53. The number of nitrogens with one attached hydrogen (secondary N) is 2. The van der Waals surface area contributed by atoms with Crippen molar-refractivity contribution in [2.75, 3.05) is 10.6 Å². The zero-order chi connectivity index (χ0) is 15.4. The van der Waals surface area contributed by atoms with E-state index in [1.807, 2.05) is 13.8 Å². The number of urea groups is 1. The molecule has 0 aliphatic heterocycles. The van der Waals surface area contributed by atoms with Crippen molar-refractivity contribution in [1.82, 2.24) is 14.8 Å². The van der Waals surface area contributed by atoms with Crippen molar-refractivity contribution in [2.24, 2.45) is 0 Å². The van der Waals surface area contributed by atoms with Crippen molar-refractivity contribution in [3.63, 3.8) is 0 Å². The number of carboxylic acids is 1. The zero-order valence-corrected chi connectivity index (χ0v) is 11.6. The molecule has 3 N–H and O–H groups in total. The van der Waals surface area contributed by atoms with Crippen LogP contribution >= 0.6 is 0 Å². The number of carboxylic acid groups (broad SMARTS) is 1. The maximum absolute atomic E-state index is 11.8. The Kier molecular flexibility index (Phi) is 4.17. The van der Waals surface area contributed by atoms with Crippen molar-refractivity contribution in [2.45, 2.75) is 19.9 Å². The van der Waals surface area contributed by atoms with Gasteiger partial charge in [-0.1, -0.05) is 0 Å². The van der Waals surface area contributed by atoms with Crippen molar-refractivity contribution >= 4 is 23.4 Å². The van der Waals surface area contributed by atoms with Gasteiger partial charge in [-0.25, -0.2) is 14.6 Å². The maximum atomic E-state index is 11.8. The molecule has 2 rings (SSSR count). The molecule has 0 spiro atoms. The summed E-state index contributed by atoms with van der Waals surface area (Å²) in [4.78, 5) is 26.1. The highest BCUT2D eigenvalue weighted by Gasteiger charge is 2.08. The Morgan fingerprint density at radius 1 is 1.19 bits per heavy atom. The Labute approximate surface area is 120 Å². The van der Waals surface area contributed by atoms with Gasteiger partial charge in [0.1, 0.15) is 5.69 Å². The summed E-state index contributed by atoms with van der Waals surface area (Å²) in [7, 11) is 0. The second-order valence-electron chi connectivity index (χ2n) is 4.62. The third kappa shape index (κ3) is 3.78. The number of amides is 2. The highest BCUT2D eigenvalue weighted by atomic mass is 16.4. The van der Waals surface area contributed by atoms with Gasteiger partial charge in [0, 0.05) is 12.2 Å². The third-order valence-electron chi connectivity index (χ3n) is 2.63. The highest BCUT2D eigenvalue weighted by molar-refractivity contribution is 5.99. The van der Waals surface area contributed by atoms with Crippen LogP contribution in [0.2, 0.25) is 0 Å². The van der Waals surface area contributed by atoms with E-state index in [9.17, 15) is 9.59 Å². The van der Waals surface area contributed by atoms with Crippen LogP contribution < -0.4 is 10.6 Å². The average molecular weight is 289 g/mol. The molecule has 8 heteroatoms. The quantitative estimate of drug-likeness (QED) is 0.799. The second kappa shape index (κ2) is 6.04. The summed E-state index contributed by atoms with van der Waals surface area (Å²) in [5, 5.41) is 18.0. The molecule has 0 atom stereocenters. The number of carbonyl (C=O) groups is 2. The van der Waals surface area contributed by atoms with Crippen LogP contribution in [0.3, 0.4) is 0 Å². The van der Waals surface area contributed by atoms with Gasteiger partial charge >= 0.3 is 12.0 Å². The second-order valence-corrected chi connectivity index (χ2v) is 4.62. The minimum absolute atomic E-state index is 0.0841. The molecule has 110 valence electrons.